The molecule has 0 radical (unpaired) electrons. The van der Waals surface area contributed by atoms with Crippen LogP contribution in [-0.2, 0) is 4.79 Å². The van der Waals surface area contributed by atoms with Gasteiger partial charge in [0.25, 0.3) is 5.91 Å². The predicted octanol–water partition coefficient (Wildman–Crippen LogP) is 3.50. The fraction of sp³-hybridized carbons (Fsp3) is 0.588. The minimum atomic E-state index is -0.465. The molecule has 0 aliphatic heterocycles. The molecule has 0 saturated heterocycles. The van der Waals surface area contributed by atoms with Crippen molar-refractivity contribution >= 4 is 17.7 Å². The molecule has 0 unspecified atom stereocenters. The summed E-state index contributed by atoms with van der Waals surface area (Å²) in [6.45, 7) is 9.10. The van der Waals surface area contributed by atoms with Gasteiger partial charge in [0.2, 0.25) is 0 Å². The van der Waals surface area contributed by atoms with Crippen LogP contribution in [-0.4, -0.2) is 36.2 Å². The van der Waals surface area contributed by atoms with Crippen molar-refractivity contribution in [1.29, 1.82) is 0 Å². The highest BCUT2D eigenvalue weighted by Crippen LogP contribution is 2.22. The Morgan fingerprint density at radius 2 is 1.82 bits per heavy atom. The average molecular weight is 325 g/mol. The fourth-order valence-corrected chi connectivity index (χ4v) is 2.60. The van der Waals surface area contributed by atoms with Gasteiger partial charge in [-0.2, -0.15) is 11.8 Å². The predicted molar refractivity (Wildman–Crippen MR) is 92.9 cm³/mol. The Morgan fingerprint density at radius 1 is 1.23 bits per heavy atom. The minimum absolute atomic E-state index is 0.0622. The molecule has 0 aromatic heterocycles. The first-order valence-corrected chi connectivity index (χ1v) is 8.56. The van der Waals surface area contributed by atoms with E-state index in [9.17, 15) is 4.79 Å². The Labute approximate surface area is 138 Å². The lowest BCUT2D eigenvalue weighted by Gasteiger charge is -2.19. The molecular weight excluding hydrogens is 298 g/mol. The topological polar surface area (TPSA) is 47.6 Å². The summed E-state index contributed by atoms with van der Waals surface area (Å²) in [5.41, 5.74) is 0. The Balaban J connectivity index is 2.43. The first-order valence-electron chi connectivity index (χ1n) is 7.58. The van der Waals surface area contributed by atoms with Crippen LogP contribution >= 0.6 is 11.8 Å². The largest absolute Gasteiger partial charge is 0.497 e. The second-order valence-electron chi connectivity index (χ2n) is 5.94. The van der Waals surface area contributed by atoms with E-state index in [1.165, 1.54) is 0 Å². The number of rotatable bonds is 8. The van der Waals surface area contributed by atoms with Crippen molar-refractivity contribution in [2.45, 2.75) is 45.0 Å². The molecule has 22 heavy (non-hydrogen) atoms. The Morgan fingerprint density at radius 3 is 2.32 bits per heavy atom. The molecule has 0 spiro atoms. The van der Waals surface area contributed by atoms with Crippen LogP contribution in [0.25, 0.3) is 0 Å². The maximum Gasteiger partial charge on any atom is 0.261 e. The summed E-state index contributed by atoms with van der Waals surface area (Å²) in [6, 6.07) is 7.26. The van der Waals surface area contributed by atoms with Gasteiger partial charge in [0.1, 0.15) is 11.5 Å². The average Bonchev–Trinajstić information content (AvgIpc) is 2.48. The highest BCUT2D eigenvalue weighted by atomic mass is 32.2. The summed E-state index contributed by atoms with van der Waals surface area (Å²) in [5.74, 6) is 2.28. The van der Waals surface area contributed by atoms with Gasteiger partial charge in [-0.15, -0.1) is 0 Å². The molecule has 0 fully saturated rings. The number of amides is 1. The van der Waals surface area contributed by atoms with Crippen LogP contribution < -0.4 is 14.8 Å². The van der Waals surface area contributed by atoms with Crippen molar-refractivity contribution in [3.05, 3.63) is 24.3 Å². The Hall–Kier alpha value is -1.36. The maximum atomic E-state index is 12.2. The molecule has 0 heterocycles. The van der Waals surface area contributed by atoms with E-state index >= 15 is 0 Å². The third-order valence-corrected chi connectivity index (χ3v) is 4.21. The van der Waals surface area contributed by atoms with E-state index in [-0.39, 0.29) is 10.7 Å². The molecule has 1 amide bonds. The molecule has 1 atom stereocenters. The molecule has 0 bridgehead atoms. The molecular formula is C17H27NO3S. The number of methoxy groups -OCH3 is 1. The van der Waals surface area contributed by atoms with E-state index in [1.807, 2.05) is 43.0 Å². The highest BCUT2D eigenvalue weighted by molar-refractivity contribution is 8.00. The number of hydrogen-bond acceptors (Lipinski definition) is 4. The van der Waals surface area contributed by atoms with Crippen LogP contribution in [0.5, 0.6) is 11.5 Å². The van der Waals surface area contributed by atoms with Crippen LogP contribution in [0.1, 0.15) is 34.1 Å². The van der Waals surface area contributed by atoms with E-state index in [2.05, 4.69) is 26.1 Å². The SMILES string of the molecule is CC[C@@H](Oc1ccc(OC)cc1)C(=O)NCCSC(C)(C)C. The van der Waals surface area contributed by atoms with E-state index < -0.39 is 6.10 Å². The second-order valence-corrected chi connectivity index (χ2v) is 7.86. The lowest BCUT2D eigenvalue weighted by atomic mass is 10.2. The van der Waals surface area contributed by atoms with Gasteiger partial charge < -0.3 is 14.8 Å². The van der Waals surface area contributed by atoms with Gasteiger partial charge in [-0.25, -0.2) is 0 Å². The minimum Gasteiger partial charge on any atom is -0.497 e. The molecule has 0 saturated carbocycles. The van der Waals surface area contributed by atoms with Crippen LogP contribution in [0.15, 0.2) is 24.3 Å². The number of carbonyl (C=O) groups is 1. The van der Waals surface area contributed by atoms with Crippen LogP contribution in [0.4, 0.5) is 0 Å². The standard InChI is InChI=1S/C17H27NO3S/c1-6-15(16(19)18-11-12-22-17(2,3)4)21-14-9-7-13(20-5)8-10-14/h7-10,15H,6,11-12H2,1-5H3,(H,18,19)/t15-/m1/s1. The first kappa shape index (κ1) is 18.7. The molecule has 1 rings (SSSR count). The fourth-order valence-electron chi connectivity index (χ4n) is 1.79. The number of thioether (sulfide) groups is 1. The van der Waals surface area contributed by atoms with E-state index in [4.69, 9.17) is 9.47 Å². The Kier molecular flexibility index (Phi) is 7.59. The number of hydrogen-bond donors (Lipinski definition) is 1. The zero-order chi connectivity index (χ0) is 16.6. The molecule has 1 aromatic rings. The second kappa shape index (κ2) is 8.93. The summed E-state index contributed by atoms with van der Waals surface area (Å²) in [5, 5.41) is 2.94. The van der Waals surface area contributed by atoms with E-state index in [0.717, 1.165) is 11.5 Å². The summed E-state index contributed by atoms with van der Waals surface area (Å²) in [7, 11) is 1.62. The molecule has 0 aliphatic rings. The molecule has 1 N–H and O–H groups in total. The van der Waals surface area contributed by atoms with Gasteiger partial charge >= 0.3 is 0 Å². The molecule has 1 aromatic carbocycles. The van der Waals surface area contributed by atoms with Crippen molar-refractivity contribution in [1.82, 2.24) is 5.32 Å². The number of ether oxygens (including phenoxy) is 2. The van der Waals surface area contributed by atoms with E-state index in [1.54, 1.807) is 7.11 Å². The lowest BCUT2D eigenvalue weighted by Crippen LogP contribution is -2.39. The van der Waals surface area contributed by atoms with E-state index in [0.29, 0.717) is 18.7 Å². The maximum absolute atomic E-state index is 12.2. The normalized spacial score (nSPS) is 12.6. The molecule has 5 heteroatoms. The molecule has 4 nitrogen and oxygen atoms in total. The third kappa shape index (κ3) is 7.07. The smallest absolute Gasteiger partial charge is 0.261 e. The van der Waals surface area contributed by atoms with Crippen molar-refractivity contribution in [2.24, 2.45) is 0 Å². The third-order valence-electron chi connectivity index (χ3n) is 2.94. The summed E-state index contributed by atoms with van der Waals surface area (Å²) in [6.07, 6.45) is 0.164. The van der Waals surface area contributed by atoms with Gasteiger partial charge in [-0.05, 0) is 30.7 Å². The van der Waals surface area contributed by atoms with Gasteiger partial charge in [-0.1, -0.05) is 27.7 Å². The molecule has 124 valence electrons. The quantitative estimate of drug-likeness (QED) is 0.743. The van der Waals surface area contributed by atoms with Crippen molar-refractivity contribution < 1.29 is 14.3 Å². The summed E-state index contributed by atoms with van der Waals surface area (Å²) < 4.78 is 11.1. The zero-order valence-electron chi connectivity index (χ0n) is 14.1. The van der Waals surface area contributed by atoms with Crippen molar-refractivity contribution in [3.8, 4) is 11.5 Å². The van der Waals surface area contributed by atoms with Gasteiger partial charge in [0.15, 0.2) is 6.10 Å². The van der Waals surface area contributed by atoms with Gasteiger partial charge in [0.05, 0.1) is 7.11 Å². The monoisotopic (exact) mass is 325 g/mol. The van der Waals surface area contributed by atoms with Crippen molar-refractivity contribution in [2.75, 3.05) is 19.4 Å². The van der Waals surface area contributed by atoms with Crippen LogP contribution in [0.3, 0.4) is 0 Å². The van der Waals surface area contributed by atoms with Crippen LogP contribution in [0, 0.1) is 0 Å². The van der Waals surface area contributed by atoms with Crippen LogP contribution in [0.2, 0.25) is 0 Å². The highest BCUT2D eigenvalue weighted by Gasteiger charge is 2.18. The Bertz CT molecular complexity index is 454. The number of nitrogens with one attached hydrogen (secondary N) is 1. The van der Waals surface area contributed by atoms with Crippen molar-refractivity contribution in [3.63, 3.8) is 0 Å². The number of benzene rings is 1. The zero-order valence-corrected chi connectivity index (χ0v) is 15.0. The first-order chi connectivity index (χ1) is 10.4. The molecule has 0 aliphatic carbocycles. The summed E-state index contributed by atoms with van der Waals surface area (Å²) >= 11 is 1.83. The number of carbonyl (C=O) groups excluding carboxylic acids is 1. The lowest BCUT2D eigenvalue weighted by molar-refractivity contribution is -0.127. The van der Waals surface area contributed by atoms with Gasteiger partial charge in [0, 0.05) is 17.0 Å². The summed E-state index contributed by atoms with van der Waals surface area (Å²) in [4.78, 5) is 12.2. The van der Waals surface area contributed by atoms with Gasteiger partial charge in [-0.3, -0.25) is 4.79 Å².